The van der Waals surface area contributed by atoms with E-state index >= 15 is 0 Å². The topological polar surface area (TPSA) is 20.2 Å². The zero-order valence-corrected chi connectivity index (χ0v) is 10.1. The molecule has 82 valence electrons. The normalized spacial score (nSPS) is 49.5. The zero-order valence-electron chi connectivity index (χ0n) is 9.33. The summed E-state index contributed by atoms with van der Waals surface area (Å²) in [6.45, 7) is 4.58. The molecule has 4 atom stereocenters. The van der Waals surface area contributed by atoms with E-state index in [1.165, 1.54) is 25.7 Å². The van der Waals surface area contributed by atoms with Gasteiger partial charge in [-0.3, -0.25) is 0 Å². The lowest BCUT2D eigenvalue weighted by Gasteiger charge is -2.37. The highest BCUT2D eigenvalue weighted by molar-refractivity contribution is 8.00. The Balaban J connectivity index is 1.99. The van der Waals surface area contributed by atoms with Crippen molar-refractivity contribution >= 4 is 11.8 Å². The summed E-state index contributed by atoms with van der Waals surface area (Å²) >= 11 is 1.95. The van der Waals surface area contributed by atoms with E-state index < -0.39 is 0 Å². The molecule has 1 N–H and O–H groups in total. The predicted molar refractivity (Wildman–Crippen MR) is 62.6 cm³/mol. The zero-order chi connectivity index (χ0) is 10.2. The molecule has 1 saturated carbocycles. The number of hydrogen-bond acceptors (Lipinski definition) is 2. The van der Waals surface area contributed by atoms with E-state index in [-0.39, 0.29) is 5.60 Å². The summed E-state index contributed by atoms with van der Waals surface area (Å²) in [6.07, 6.45) is 6.23. The van der Waals surface area contributed by atoms with Crippen molar-refractivity contribution < 1.29 is 5.11 Å². The lowest BCUT2D eigenvalue weighted by atomic mass is 9.72. The quantitative estimate of drug-likeness (QED) is 0.724. The fourth-order valence-corrected chi connectivity index (χ4v) is 4.44. The summed E-state index contributed by atoms with van der Waals surface area (Å²) in [5.74, 6) is 2.40. The summed E-state index contributed by atoms with van der Waals surface area (Å²) in [5, 5.41) is 11.2. The lowest BCUT2D eigenvalue weighted by molar-refractivity contribution is -0.0204. The van der Waals surface area contributed by atoms with Crippen molar-refractivity contribution in [2.45, 2.75) is 56.8 Å². The molecule has 0 aromatic carbocycles. The van der Waals surface area contributed by atoms with Gasteiger partial charge in [0.05, 0.1) is 5.60 Å². The maximum Gasteiger partial charge on any atom is 0.0776 e. The van der Waals surface area contributed by atoms with Crippen molar-refractivity contribution in [3.05, 3.63) is 0 Å². The molecule has 1 aliphatic carbocycles. The smallest absolute Gasteiger partial charge is 0.0776 e. The van der Waals surface area contributed by atoms with Gasteiger partial charge in [-0.15, -0.1) is 0 Å². The summed E-state index contributed by atoms with van der Waals surface area (Å²) in [4.78, 5) is 0. The molecule has 0 spiro atoms. The van der Waals surface area contributed by atoms with Crippen LogP contribution in [0.15, 0.2) is 0 Å². The van der Waals surface area contributed by atoms with Crippen LogP contribution in [0.25, 0.3) is 0 Å². The first kappa shape index (κ1) is 10.8. The van der Waals surface area contributed by atoms with E-state index in [0.717, 1.165) is 18.1 Å². The summed E-state index contributed by atoms with van der Waals surface area (Å²) in [6, 6.07) is 0. The third-order valence-corrected chi connectivity index (χ3v) is 5.36. The fraction of sp³-hybridized carbons (Fsp3) is 1.00. The first-order valence-electron chi connectivity index (χ1n) is 5.94. The Hall–Kier alpha value is 0.310. The minimum absolute atomic E-state index is 0.321. The van der Waals surface area contributed by atoms with Crippen molar-refractivity contribution in [2.24, 2.45) is 11.8 Å². The van der Waals surface area contributed by atoms with Gasteiger partial charge in [0, 0.05) is 11.0 Å². The molecule has 4 unspecified atom stereocenters. The van der Waals surface area contributed by atoms with Crippen LogP contribution in [0, 0.1) is 11.8 Å². The SMILES string of the molecule is CC1CCCC(C2(O)CSC(C)C2)C1. The lowest BCUT2D eigenvalue weighted by Crippen LogP contribution is -2.40. The molecule has 0 amide bonds. The molecule has 2 fully saturated rings. The molecule has 2 rings (SSSR count). The van der Waals surface area contributed by atoms with Crippen molar-refractivity contribution in [3.63, 3.8) is 0 Å². The molecular weight excluding hydrogens is 192 g/mol. The first-order valence-corrected chi connectivity index (χ1v) is 6.99. The van der Waals surface area contributed by atoms with Crippen LogP contribution >= 0.6 is 11.8 Å². The Morgan fingerprint density at radius 1 is 1.29 bits per heavy atom. The van der Waals surface area contributed by atoms with Crippen LogP contribution in [-0.2, 0) is 0 Å². The molecule has 1 saturated heterocycles. The van der Waals surface area contributed by atoms with E-state index in [2.05, 4.69) is 13.8 Å². The summed E-state index contributed by atoms with van der Waals surface area (Å²) in [7, 11) is 0. The third kappa shape index (κ3) is 2.11. The Kier molecular flexibility index (Phi) is 3.13. The minimum atomic E-state index is -0.321. The second-order valence-electron chi connectivity index (χ2n) is 5.40. The van der Waals surface area contributed by atoms with E-state index in [0.29, 0.717) is 11.2 Å². The maximum absolute atomic E-state index is 10.6. The third-order valence-electron chi connectivity index (χ3n) is 3.96. The molecule has 14 heavy (non-hydrogen) atoms. The molecule has 0 aromatic rings. The Morgan fingerprint density at radius 2 is 2.07 bits per heavy atom. The predicted octanol–water partition coefficient (Wildman–Crippen LogP) is 3.07. The average molecular weight is 214 g/mol. The Morgan fingerprint density at radius 3 is 2.64 bits per heavy atom. The highest BCUT2D eigenvalue weighted by atomic mass is 32.2. The van der Waals surface area contributed by atoms with Crippen LogP contribution in [0.2, 0.25) is 0 Å². The molecule has 2 aliphatic rings. The van der Waals surface area contributed by atoms with Crippen LogP contribution in [0.5, 0.6) is 0 Å². The number of rotatable bonds is 1. The monoisotopic (exact) mass is 214 g/mol. The van der Waals surface area contributed by atoms with Gasteiger partial charge < -0.3 is 5.11 Å². The molecule has 1 nitrogen and oxygen atoms in total. The van der Waals surface area contributed by atoms with Gasteiger partial charge in [0.15, 0.2) is 0 Å². The van der Waals surface area contributed by atoms with Gasteiger partial charge in [0.1, 0.15) is 0 Å². The van der Waals surface area contributed by atoms with Gasteiger partial charge in [-0.2, -0.15) is 11.8 Å². The standard InChI is InChI=1S/C12H22OS/c1-9-4-3-5-11(6-9)12(13)7-10(2)14-8-12/h9-11,13H,3-8H2,1-2H3. The fourth-order valence-electron chi connectivity index (χ4n) is 3.11. The molecule has 2 heteroatoms. The van der Waals surface area contributed by atoms with E-state index in [1.807, 2.05) is 11.8 Å². The summed E-state index contributed by atoms with van der Waals surface area (Å²) < 4.78 is 0. The van der Waals surface area contributed by atoms with Gasteiger partial charge in [0.25, 0.3) is 0 Å². The molecule has 1 heterocycles. The summed E-state index contributed by atoms with van der Waals surface area (Å²) in [5.41, 5.74) is -0.321. The largest absolute Gasteiger partial charge is 0.389 e. The number of thioether (sulfide) groups is 1. The van der Waals surface area contributed by atoms with Crippen LogP contribution < -0.4 is 0 Å². The molecule has 0 radical (unpaired) electrons. The molecule has 1 aliphatic heterocycles. The Bertz CT molecular complexity index is 206. The first-order chi connectivity index (χ1) is 6.60. The van der Waals surface area contributed by atoms with Crippen molar-refractivity contribution in [3.8, 4) is 0 Å². The Labute approximate surface area is 91.7 Å². The van der Waals surface area contributed by atoms with Crippen molar-refractivity contribution in [1.29, 1.82) is 0 Å². The van der Waals surface area contributed by atoms with E-state index in [4.69, 9.17) is 0 Å². The van der Waals surface area contributed by atoms with Crippen LogP contribution in [0.3, 0.4) is 0 Å². The average Bonchev–Trinajstić information content (AvgIpc) is 2.48. The van der Waals surface area contributed by atoms with E-state index in [9.17, 15) is 5.11 Å². The number of hydrogen-bond donors (Lipinski definition) is 1. The highest BCUT2D eigenvalue weighted by Gasteiger charge is 2.43. The molecule has 0 aromatic heterocycles. The van der Waals surface area contributed by atoms with Crippen LogP contribution in [0.4, 0.5) is 0 Å². The molecular formula is C12H22OS. The van der Waals surface area contributed by atoms with Crippen molar-refractivity contribution in [1.82, 2.24) is 0 Å². The minimum Gasteiger partial charge on any atom is -0.389 e. The second-order valence-corrected chi connectivity index (χ2v) is 6.82. The van der Waals surface area contributed by atoms with Crippen molar-refractivity contribution in [2.75, 3.05) is 5.75 Å². The second kappa shape index (κ2) is 4.05. The van der Waals surface area contributed by atoms with Gasteiger partial charge in [0.2, 0.25) is 0 Å². The highest BCUT2D eigenvalue weighted by Crippen LogP contribution is 2.45. The van der Waals surface area contributed by atoms with Gasteiger partial charge in [-0.05, 0) is 31.1 Å². The van der Waals surface area contributed by atoms with Gasteiger partial charge >= 0.3 is 0 Å². The maximum atomic E-state index is 10.6. The van der Waals surface area contributed by atoms with Gasteiger partial charge in [-0.25, -0.2) is 0 Å². The van der Waals surface area contributed by atoms with Gasteiger partial charge in [-0.1, -0.05) is 26.7 Å². The van der Waals surface area contributed by atoms with Crippen LogP contribution in [-0.4, -0.2) is 21.7 Å². The van der Waals surface area contributed by atoms with E-state index in [1.54, 1.807) is 0 Å². The van der Waals surface area contributed by atoms with Crippen LogP contribution in [0.1, 0.15) is 46.0 Å². The molecule has 0 bridgehead atoms. The number of aliphatic hydroxyl groups is 1.